The van der Waals surface area contributed by atoms with Gasteiger partial charge in [-0.15, -0.1) is 0 Å². The Bertz CT molecular complexity index is 658. The monoisotopic (exact) mass is 286 g/mol. The number of rotatable bonds is 5. The van der Waals surface area contributed by atoms with Crippen LogP contribution in [0.2, 0.25) is 0 Å². The molecule has 6 heteroatoms. The van der Waals surface area contributed by atoms with E-state index in [-0.39, 0.29) is 5.69 Å². The van der Waals surface area contributed by atoms with Crippen LogP contribution in [0.3, 0.4) is 0 Å². The number of nitrogens with one attached hydrogen (secondary N) is 1. The lowest BCUT2D eigenvalue weighted by molar-refractivity contribution is -0.385. The van der Waals surface area contributed by atoms with Gasteiger partial charge in [-0.3, -0.25) is 10.1 Å². The fraction of sp³-hybridized carbons (Fsp3) is 0.267. The Morgan fingerprint density at radius 3 is 2.76 bits per heavy atom. The quantitative estimate of drug-likeness (QED) is 0.673. The highest BCUT2D eigenvalue weighted by molar-refractivity contribution is 5.64. The molecule has 1 N–H and O–H groups in total. The van der Waals surface area contributed by atoms with Crippen molar-refractivity contribution in [2.75, 3.05) is 23.8 Å². The van der Waals surface area contributed by atoms with Gasteiger partial charge in [0, 0.05) is 30.5 Å². The molecule has 0 spiro atoms. The molecule has 0 amide bonds. The summed E-state index contributed by atoms with van der Waals surface area (Å²) < 4.78 is 0. The Morgan fingerprint density at radius 2 is 2.14 bits per heavy atom. The van der Waals surface area contributed by atoms with E-state index >= 15 is 0 Å². The number of hydrogen-bond acceptors (Lipinski definition) is 5. The van der Waals surface area contributed by atoms with Gasteiger partial charge in [-0.05, 0) is 38.1 Å². The van der Waals surface area contributed by atoms with Crippen molar-refractivity contribution in [1.29, 1.82) is 0 Å². The number of benzene rings is 1. The van der Waals surface area contributed by atoms with Crippen molar-refractivity contribution in [3.8, 4) is 0 Å². The Kier molecular flexibility index (Phi) is 4.37. The first-order valence-electron chi connectivity index (χ1n) is 6.70. The van der Waals surface area contributed by atoms with Gasteiger partial charge in [0.25, 0.3) is 5.69 Å². The molecule has 0 atom stereocenters. The molecule has 1 heterocycles. The van der Waals surface area contributed by atoms with Crippen LogP contribution in [-0.4, -0.2) is 23.5 Å². The third-order valence-electron chi connectivity index (χ3n) is 3.31. The minimum atomic E-state index is -0.428. The van der Waals surface area contributed by atoms with Crippen molar-refractivity contribution in [1.82, 2.24) is 4.98 Å². The fourth-order valence-corrected chi connectivity index (χ4v) is 1.96. The lowest BCUT2D eigenvalue weighted by atomic mass is 10.2. The summed E-state index contributed by atoms with van der Waals surface area (Å²) in [6, 6.07) is 9.62. The molecule has 0 saturated heterocycles. The van der Waals surface area contributed by atoms with Crippen molar-refractivity contribution in [3.63, 3.8) is 0 Å². The van der Waals surface area contributed by atoms with E-state index in [0.29, 0.717) is 11.4 Å². The van der Waals surface area contributed by atoms with Gasteiger partial charge in [-0.25, -0.2) is 4.98 Å². The third kappa shape index (κ3) is 3.47. The van der Waals surface area contributed by atoms with Crippen molar-refractivity contribution in [2.24, 2.45) is 0 Å². The molecule has 2 rings (SSSR count). The van der Waals surface area contributed by atoms with Crippen LogP contribution in [0.15, 0.2) is 36.5 Å². The van der Waals surface area contributed by atoms with Crippen molar-refractivity contribution < 1.29 is 4.92 Å². The van der Waals surface area contributed by atoms with Crippen LogP contribution in [-0.2, 0) is 0 Å². The van der Waals surface area contributed by atoms with E-state index in [2.05, 4.69) is 22.1 Å². The van der Waals surface area contributed by atoms with Crippen LogP contribution in [0.1, 0.15) is 12.5 Å². The van der Waals surface area contributed by atoms with E-state index in [9.17, 15) is 10.1 Å². The summed E-state index contributed by atoms with van der Waals surface area (Å²) >= 11 is 0. The molecule has 110 valence electrons. The van der Waals surface area contributed by atoms with Gasteiger partial charge in [0.2, 0.25) is 0 Å². The van der Waals surface area contributed by atoms with Crippen LogP contribution in [0.5, 0.6) is 0 Å². The zero-order chi connectivity index (χ0) is 15.4. The molecule has 0 unspecified atom stereocenters. The normalized spacial score (nSPS) is 10.2. The summed E-state index contributed by atoms with van der Waals surface area (Å²) in [6.45, 7) is 4.70. The zero-order valence-electron chi connectivity index (χ0n) is 12.3. The number of nitro groups is 1. The number of pyridine rings is 1. The number of anilines is 3. The van der Waals surface area contributed by atoms with Crippen LogP contribution < -0.4 is 10.2 Å². The minimum absolute atomic E-state index is 0.0278. The molecule has 0 aliphatic heterocycles. The summed E-state index contributed by atoms with van der Waals surface area (Å²) in [4.78, 5) is 16.6. The number of hydrogen-bond donors (Lipinski definition) is 1. The number of nitrogens with zero attached hydrogens (tertiary/aromatic N) is 3. The molecule has 21 heavy (non-hydrogen) atoms. The van der Waals surface area contributed by atoms with Crippen LogP contribution >= 0.6 is 0 Å². The summed E-state index contributed by atoms with van der Waals surface area (Å²) in [5, 5.41) is 14.0. The van der Waals surface area contributed by atoms with Gasteiger partial charge in [-0.2, -0.15) is 0 Å². The summed E-state index contributed by atoms with van der Waals surface area (Å²) in [6.07, 6.45) is 1.28. The maximum Gasteiger partial charge on any atom is 0.290 e. The molecule has 0 aliphatic carbocycles. The lowest BCUT2D eigenvalue weighted by Crippen LogP contribution is -2.15. The average molecular weight is 286 g/mol. The smallest absolute Gasteiger partial charge is 0.290 e. The van der Waals surface area contributed by atoms with E-state index in [1.54, 1.807) is 13.0 Å². The third-order valence-corrected chi connectivity index (χ3v) is 3.31. The molecule has 0 aliphatic rings. The largest absolute Gasteiger partial charge is 0.375 e. The summed E-state index contributed by atoms with van der Waals surface area (Å²) in [5.41, 5.74) is 2.61. The average Bonchev–Trinajstić information content (AvgIpc) is 2.46. The summed E-state index contributed by atoms with van der Waals surface area (Å²) in [5.74, 6) is 0.592. The second kappa shape index (κ2) is 6.21. The fourth-order valence-electron chi connectivity index (χ4n) is 1.96. The van der Waals surface area contributed by atoms with Crippen molar-refractivity contribution in [3.05, 3.63) is 52.2 Å². The number of aryl methyl sites for hydroxylation is 1. The highest BCUT2D eigenvalue weighted by atomic mass is 16.6. The van der Waals surface area contributed by atoms with E-state index in [0.717, 1.165) is 17.9 Å². The van der Waals surface area contributed by atoms with Gasteiger partial charge >= 0.3 is 0 Å². The SMILES string of the molecule is CCN(C)c1cccc(Nc2cc(C)c([N+](=O)[O-])cn2)c1. The highest BCUT2D eigenvalue weighted by Gasteiger charge is 2.11. The lowest BCUT2D eigenvalue weighted by Gasteiger charge is -2.17. The molecule has 1 aromatic heterocycles. The van der Waals surface area contributed by atoms with Gasteiger partial charge < -0.3 is 10.2 Å². The van der Waals surface area contributed by atoms with Crippen LogP contribution in [0.4, 0.5) is 22.9 Å². The maximum atomic E-state index is 10.8. The first kappa shape index (κ1) is 14.8. The second-order valence-corrected chi connectivity index (χ2v) is 4.80. The predicted molar refractivity (Wildman–Crippen MR) is 84.3 cm³/mol. The molecule has 1 aromatic carbocycles. The Balaban J connectivity index is 2.22. The predicted octanol–water partition coefficient (Wildman–Crippen LogP) is 3.50. The Morgan fingerprint density at radius 1 is 1.38 bits per heavy atom. The first-order valence-corrected chi connectivity index (χ1v) is 6.70. The van der Waals surface area contributed by atoms with E-state index in [1.165, 1.54) is 6.20 Å². The standard InChI is InChI=1S/C15H18N4O2/c1-4-18(3)13-7-5-6-12(9-13)17-15-8-11(2)14(10-16-15)19(20)21/h5-10H,4H2,1-3H3,(H,16,17). The van der Waals surface area contributed by atoms with E-state index in [1.807, 2.05) is 31.3 Å². The Hall–Kier alpha value is -2.63. The molecule has 2 aromatic rings. The van der Waals surface area contributed by atoms with Gasteiger partial charge in [-0.1, -0.05) is 6.07 Å². The molecule has 0 bridgehead atoms. The first-order chi connectivity index (χ1) is 10.0. The maximum absolute atomic E-state index is 10.8. The second-order valence-electron chi connectivity index (χ2n) is 4.80. The van der Waals surface area contributed by atoms with Crippen LogP contribution in [0, 0.1) is 17.0 Å². The Labute approximate surface area is 123 Å². The molecule has 0 radical (unpaired) electrons. The minimum Gasteiger partial charge on any atom is -0.375 e. The number of aromatic nitrogens is 1. The summed E-state index contributed by atoms with van der Waals surface area (Å²) in [7, 11) is 2.02. The molecule has 6 nitrogen and oxygen atoms in total. The van der Waals surface area contributed by atoms with Gasteiger partial charge in [0.1, 0.15) is 12.0 Å². The molecule has 0 fully saturated rings. The molecular weight excluding hydrogens is 268 g/mol. The highest BCUT2D eigenvalue weighted by Crippen LogP contribution is 2.24. The van der Waals surface area contributed by atoms with Crippen molar-refractivity contribution >= 4 is 22.9 Å². The van der Waals surface area contributed by atoms with Gasteiger partial charge in [0.15, 0.2) is 0 Å². The van der Waals surface area contributed by atoms with E-state index in [4.69, 9.17) is 0 Å². The van der Waals surface area contributed by atoms with E-state index < -0.39 is 4.92 Å². The molecule has 0 saturated carbocycles. The zero-order valence-corrected chi connectivity index (χ0v) is 12.3. The van der Waals surface area contributed by atoms with Gasteiger partial charge in [0.05, 0.1) is 4.92 Å². The van der Waals surface area contributed by atoms with Crippen LogP contribution in [0.25, 0.3) is 0 Å². The molecular formula is C15H18N4O2. The topological polar surface area (TPSA) is 71.3 Å². The van der Waals surface area contributed by atoms with Crippen molar-refractivity contribution in [2.45, 2.75) is 13.8 Å².